The smallest absolute Gasteiger partial charge is 0.0846 e. The monoisotopic (exact) mass is 267 g/mol. The van der Waals surface area contributed by atoms with Gasteiger partial charge in [0.05, 0.1) is 22.3 Å². The first-order chi connectivity index (χ1) is 8.61. The van der Waals surface area contributed by atoms with Gasteiger partial charge in [-0.2, -0.15) is 0 Å². The molecule has 8 heteroatoms. The van der Waals surface area contributed by atoms with E-state index in [2.05, 4.69) is 39.2 Å². The number of nitrogens with one attached hydrogen (secondary N) is 1. The molecule has 0 aromatic carbocycles. The minimum Gasteiger partial charge on any atom is -0.271 e. The maximum absolute atomic E-state index is 5.63. The molecule has 0 aliphatic rings. The first kappa shape index (κ1) is 13.1. The Hall–Kier alpha value is -1.38. The highest BCUT2D eigenvalue weighted by molar-refractivity contribution is 7.05. The van der Waals surface area contributed by atoms with Gasteiger partial charge in [0, 0.05) is 19.7 Å². The van der Waals surface area contributed by atoms with Gasteiger partial charge in [-0.25, -0.2) is 0 Å². The van der Waals surface area contributed by atoms with Crippen molar-refractivity contribution in [2.45, 2.75) is 32.2 Å². The Balaban J connectivity index is 2.20. The topological polar surface area (TPSA) is 94.5 Å². The molecule has 0 bridgehead atoms. The molecule has 2 rings (SSSR count). The van der Waals surface area contributed by atoms with Crippen molar-refractivity contribution in [3.05, 3.63) is 22.5 Å². The first-order valence-electron chi connectivity index (χ1n) is 5.75. The molecule has 1 atom stereocenters. The lowest BCUT2D eigenvalue weighted by molar-refractivity contribution is 0.545. The predicted molar refractivity (Wildman–Crippen MR) is 68.8 cm³/mol. The summed E-state index contributed by atoms with van der Waals surface area (Å²) in [6.45, 7) is 4.19. The Labute approximate surface area is 110 Å². The lowest BCUT2D eigenvalue weighted by atomic mass is 10.0. The molecular weight excluding hydrogens is 250 g/mol. The third kappa shape index (κ3) is 2.71. The van der Waals surface area contributed by atoms with E-state index in [0.29, 0.717) is 12.3 Å². The fourth-order valence-corrected chi connectivity index (χ4v) is 2.64. The fraction of sp³-hybridized carbons (Fsp3) is 0.600. The van der Waals surface area contributed by atoms with Crippen LogP contribution in [0.4, 0.5) is 0 Å². The highest BCUT2D eigenvalue weighted by Crippen LogP contribution is 2.27. The number of nitrogens with two attached hydrogens (primary N) is 1. The van der Waals surface area contributed by atoms with Crippen molar-refractivity contribution in [3.8, 4) is 0 Å². The van der Waals surface area contributed by atoms with E-state index in [-0.39, 0.29) is 6.04 Å². The van der Waals surface area contributed by atoms with Gasteiger partial charge in [0.25, 0.3) is 0 Å². The van der Waals surface area contributed by atoms with Crippen LogP contribution in [-0.2, 0) is 13.5 Å². The average Bonchev–Trinajstić information content (AvgIpc) is 2.94. The van der Waals surface area contributed by atoms with Crippen LogP contribution in [0, 0.1) is 0 Å². The van der Waals surface area contributed by atoms with E-state index in [9.17, 15) is 0 Å². The Bertz CT molecular complexity index is 504. The number of aromatic nitrogens is 5. The molecule has 0 amide bonds. The summed E-state index contributed by atoms with van der Waals surface area (Å²) in [6.07, 6.45) is 2.56. The Morgan fingerprint density at radius 3 is 2.78 bits per heavy atom. The molecular formula is C10H17N7S. The van der Waals surface area contributed by atoms with Crippen molar-refractivity contribution in [2.24, 2.45) is 12.9 Å². The number of rotatable bonds is 5. The molecule has 2 aromatic rings. The van der Waals surface area contributed by atoms with E-state index in [1.54, 1.807) is 4.68 Å². The zero-order valence-corrected chi connectivity index (χ0v) is 11.5. The maximum atomic E-state index is 5.63. The molecule has 0 spiro atoms. The summed E-state index contributed by atoms with van der Waals surface area (Å²) in [4.78, 5) is 1.07. The van der Waals surface area contributed by atoms with Gasteiger partial charge in [0.15, 0.2) is 0 Å². The van der Waals surface area contributed by atoms with Gasteiger partial charge in [0.2, 0.25) is 0 Å². The molecule has 0 saturated carbocycles. The Morgan fingerprint density at radius 2 is 2.22 bits per heavy atom. The molecule has 0 aliphatic heterocycles. The van der Waals surface area contributed by atoms with Crippen LogP contribution in [0.25, 0.3) is 0 Å². The maximum Gasteiger partial charge on any atom is 0.0846 e. The van der Waals surface area contributed by atoms with Crippen molar-refractivity contribution in [2.75, 3.05) is 0 Å². The molecule has 0 fully saturated rings. The Morgan fingerprint density at radius 1 is 1.44 bits per heavy atom. The summed E-state index contributed by atoms with van der Waals surface area (Å²) in [6, 6.07) is -0.0286. The predicted octanol–water partition coefficient (Wildman–Crippen LogP) is 0.537. The molecule has 0 saturated heterocycles. The van der Waals surface area contributed by atoms with Crippen LogP contribution in [0.15, 0.2) is 6.20 Å². The first-order valence-corrected chi connectivity index (χ1v) is 6.52. The van der Waals surface area contributed by atoms with Crippen LogP contribution in [-0.4, -0.2) is 24.6 Å². The standard InChI is InChI=1S/C10H17N7S/c1-6(2)9-10(18-16-14-9)8(12-11)4-7-5-17(3)15-13-7/h5-6,8,12H,4,11H2,1-3H3. The zero-order valence-electron chi connectivity index (χ0n) is 10.7. The van der Waals surface area contributed by atoms with Gasteiger partial charge in [-0.05, 0) is 17.5 Å². The lowest BCUT2D eigenvalue weighted by Gasteiger charge is -2.14. The molecule has 0 radical (unpaired) electrons. The zero-order chi connectivity index (χ0) is 13.1. The molecule has 1 unspecified atom stereocenters. The Kier molecular flexibility index (Phi) is 4.00. The number of hydrazine groups is 1. The second-order valence-electron chi connectivity index (χ2n) is 4.48. The third-order valence-electron chi connectivity index (χ3n) is 2.67. The summed E-state index contributed by atoms with van der Waals surface area (Å²) in [5.74, 6) is 5.96. The van der Waals surface area contributed by atoms with E-state index >= 15 is 0 Å². The van der Waals surface area contributed by atoms with Gasteiger partial charge in [0.1, 0.15) is 0 Å². The van der Waals surface area contributed by atoms with Gasteiger partial charge in [-0.3, -0.25) is 16.0 Å². The van der Waals surface area contributed by atoms with Crippen molar-refractivity contribution in [1.29, 1.82) is 0 Å². The van der Waals surface area contributed by atoms with E-state index in [4.69, 9.17) is 5.84 Å². The second kappa shape index (κ2) is 5.51. The summed E-state index contributed by atoms with van der Waals surface area (Å²) in [5, 5.41) is 12.1. The number of nitrogens with zero attached hydrogens (tertiary/aromatic N) is 5. The van der Waals surface area contributed by atoms with Crippen molar-refractivity contribution in [1.82, 2.24) is 30.0 Å². The molecule has 18 heavy (non-hydrogen) atoms. The van der Waals surface area contributed by atoms with Crippen molar-refractivity contribution in [3.63, 3.8) is 0 Å². The van der Waals surface area contributed by atoms with E-state index < -0.39 is 0 Å². The van der Waals surface area contributed by atoms with Gasteiger partial charge < -0.3 is 0 Å². The number of aryl methyl sites for hydroxylation is 1. The van der Waals surface area contributed by atoms with E-state index in [0.717, 1.165) is 16.3 Å². The average molecular weight is 267 g/mol. The van der Waals surface area contributed by atoms with Crippen LogP contribution in [0.2, 0.25) is 0 Å². The van der Waals surface area contributed by atoms with Crippen LogP contribution >= 0.6 is 11.5 Å². The minimum atomic E-state index is -0.0286. The molecule has 3 N–H and O–H groups in total. The molecule has 2 aromatic heterocycles. The minimum absolute atomic E-state index is 0.0286. The second-order valence-corrected chi connectivity index (χ2v) is 5.27. The highest BCUT2D eigenvalue weighted by Gasteiger charge is 2.21. The number of hydrogen-bond acceptors (Lipinski definition) is 7. The summed E-state index contributed by atoms with van der Waals surface area (Å²) in [7, 11) is 1.84. The van der Waals surface area contributed by atoms with Gasteiger partial charge in [-0.1, -0.05) is 23.5 Å². The SMILES string of the molecule is CC(C)c1nnsc1C(Cc1cn(C)nn1)NN. The summed E-state index contributed by atoms with van der Waals surface area (Å²) >= 11 is 1.38. The van der Waals surface area contributed by atoms with Crippen molar-refractivity contribution >= 4 is 11.5 Å². The third-order valence-corrected chi connectivity index (χ3v) is 3.52. The van der Waals surface area contributed by atoms with Gasteiger partial charge in [-0.15, -0.1) is 10.2 Å². The molecule has 7 nitrogen and oxygen atoms in total. The number of hydrogen-bond donors (Lipinski definition) is 2. The van der Waals surface area contributed by atoms with Crippen molar-refractivity contribution < 1.29 is 0 Å². The summed E-state index contributed by atoms with van der Waals surface area (Å²) in [5.41, 5.74) is 4.70. The fourth-order valence-electron chi connectivity index (χ4n) is 1.77. The molecule has 98 valence electrons. The highest BCUT2D eigenvalue weighted by atomic mass is 32.1. The lowest BCUT2D eigenvalue weighted by Crippen LogP contribution is -2.30. The quantitative estimate of drug-likeness (QED) is 0.606. The van der Waals surface area contributed by atoms with E-state index in [1.165, 1.54) is 11.5 Å². The van der Waals surface area contributed by atoms with Crippen LogP contribution in [0.1, 0.15) is 42.1 Å². The molecule has 2 heterocycles. The summed E-state index contributed by atoms with van der Waals surface area (Å²) < 4.78 is 5.69. The molecule has 0 aliphatic carbocycles. The largest absolute Gasteiger partial charge is 0.271 e. The van der Waals surface area contributed by atoms with Crippen LogP contribution < -0.4 is 11.3 Å². The normalized spacial score (nSPS) is 13.2. The van der Waals surface area contributed by atoms with Gasteiger partial charge >= 0.3 is 0 Å². The van der Waals surface area contributed by atoms with Crippen LogP contribution in [0.3, 0.4) is 0 Å². The van der Waals surface area contributed by atoms with Crippen LogP contribution in [0.5, 0.6) is 0 Å². The van der Waals surface area contributed by atoms with E-state index in [1.807, 2.05) is 13.2 Å².